The van der Waals surface area contributed by atoms with Gasteiger partial charge in [0.25, 0.3) is 0 Å². The van der Waals surface area contributed by atoms with E-state index in [1.165, 1.54) is 217 Å². The number of aryl methyl sites for hydroxylation is 3. The van der Waals surface area contributed by atoms with Gasteiger partial charge in [-0.2, -0.15) is 0 Å². The first-order valence-electron chi connectivity index (χ1n) is 20.1. The second-order valence-electron chi connectivity index (χ2n) is 13.9. The lowest BCUT2D eigenvalue weighted by molar-refractivity contribution is 0.553. The second-order valence-corrected chi connectivity index (χ2v) is 13.9. The maximum absolute atomic E-state index is 5.28. The fourth-order valence-electron chi connectivity index (χ4n) is 6.61. The Morgan fingerprint density at radius 1 is 0.279 bits per heavy atom. The molecule has 2 heteroatoms. The highest BCUT2D eigenvalue weighted by molar-refractivity contribution is 5.27. The minimum atomic E-state index is 1.06. The zero-order chi connectivity index (χ0) is 31.1. The summed E-state index contributed by atoms with van der Waals surface area (Å²) in [6.45, 7) is 9.23. The van der Waals surface area contributed by atoms with Crippen molar-refractivity contribution in [3.63, 3.8) is 0 Å². The third-order valence-electron chi connectivity index (χ3n) is 9.54. The molecule has 1 aromatic heterocycles. The summed E-state index contributed by atoms with van der Waals surface area (Å²) in [5, 5.41) is 0. The molecule has 0 saturated carbocycles. The number of nitrogens with zero attached hydrogens (tertiary/aromatic N) is 2. The normalized spacial score (nSPS) is 11.5. The van der Waals surface area contributed by atoms with E-state index in [0.29, 0.717) is 0 Å². The van der Waals surface area contributed by atoms with Crippen LogP contribution >= 0.6 is 0 Å². The molecular formula is C41H78N2. The molecule has 252 valence electrons. The van der Waals surface area contributed by atoms with Crippen molar-refractivity contribution in [2.45, 2.75) is 240 Å². The lowest BCUT2D eigenvalue weighted by atomic mass is 9.96. The van der Waals surface area contributed by atoms with Gasteiger partial charge in [-0.1, -0.05) is 188 Å². The van der Waals surface area contributed by atoms with E-state index < -0.39 is 0 Å². The molecule has 0 aromatic carbocycles. The van der Waals surface area contributed by atoms with Crippen LogP contribution in [0.25, 0.3) is 0 Å². The van der Waals surface area contributed by atoms with E-state index in [1.54, 1.807) is 5.56 Å². The standard InChI is InChI=1S/C41H78N2/c1-5-9-13-16-19-22-25-28-31-34-38-39(35-32-29-26-23-20-17-14-10-6-2)42-41(37-12-8-4)43-40(38)36-33-30-27-24-21-18-15-11-7-3/h5-37H2,1-4H3. The molecular weight excluding hydrogens is 520 g/mol. The van der Waals surface area contributed by atoms with Crippen molar-refractivity contribution in [1.29, 1.82) is 0 Å². The highest BCUT2D eigenvalue weighted by Crippen LogP contribution is 2.23. The smallest absolute Gasteiger partial charge is 0.128 e. The van der Waals surface area contributed by atoms with Crippen LogP contribution in [-0.2, 0) is 25.7 Å². The van der Waals surface area contributed by atoms with Crippen molar-refractivity contribution >= 4 is 0 Å². The van der Waals surface area contributed by atoms with E-state index in [0.717, 1.165) is 12.2 Å². The number of hydrogen-bond donors (Lipinski definition) is 0. The van der Waals surface area contributed by atoms with Crippen LogP contribution in [0.1, 0.15) is 237 Å². The monoisotopic (exact) mass is 599 g/mol. The van der Waals surface area contributed by atoms with Crippen molar-refractivity contribution in [2.24, 2.45) is 0 Å². The van der Waals surface area contributed by atoms with E-state index in [-0.39, 0.29) is 0 Å². The molecule has 0 saturated heterocycles. The number of hydrogen-bond acceptors (Lipinski definition) is 2. The molecule has 1 rings (SSSR count). The first-order chi connectivity index (χ1) is 21.3. The maximum atomic E-state index is 5.28. The van der Waals surface area contributed by atoms with Crippen molar-refractivity contribution < 1.29 is 0 Å². The quantitative estimate of drug-likeness (QED) is 0.0752. The SMILES string of the molecule is CCCCCCCCCCCc1nc(CCCC)nc(CCCCCCCCCCC)c1CCCCCCCCCCC. The molecule has 1 heterocycles. The van der Waals surface area contributed by atoms with Crippen LogP contribution in [0.3, 0.4) is 0 Å². The number of unbranched alkanes of at least 4 members (excludes halogenated alkanes) is 25. The van der Waals surface area contributed by atoms with Gasteiger partial charge in [0, 0.05) is 17.8 Å². The van der Waals surface area contributed by atoms with Gasteiger partial charge in [0.05, 0.1) is 0 Å². The largest absolute Gasteiger partial charge is 0.238 e. The molecule has 0 bridgehead atoms. The Bertz CT molecular complexity index is 669. The van der Waals surface area contributed by atoms with Crippen LogP contribution in [-0.4, -0.2) is 9.97 Å². The maximum Gasteiger partial charge on any atom is 0.128 e. The Morgan fingerprint density at radius 2 is 0.558 bits per heavy atom. The summed E-state index contributed by atoms with van der Waals surface area (Å²) in [5.41, 5.74) is 4.45. The van der Waals surface area contributed by atoms with E-state index in [2.05, 4.69) is 27.7 Å². The van der Waals surface area contributed by atoms with Crippen LogP contribution in [0.4, 0.5) is 0 Å². The average molecular weight is 599 g/mol. The predicted molar refractivity (Wildman–Crippen MR) is 193 cm³/mol. The van der Waals surface area contributed by atoms with Crippen LogP contribution in [0.5, 0.6) is 0 Å². The number of rotatable bonds is 33. The zero-order valence-electron chi connectivity index (χ0n) is 30.2. The highest BCUT2D eigenvalue weighted by Gasteiger charge is 2.14. The lowest BCUT2D eigenvalue weighted by Gasteiger charge is -2.16. The summed E-state index contributed by atoms with van der Waals surface area (Å²) in [6, 6.07) is 0. The van der Waals surface area contributed by atoms with E-state index in [4.69, 9.17) is 9.97 Å². The molecule has 0 aliphatic rings. The Morgan fingerprint density at radius 3 is 0.884 bits per heavy atom. The summed E-state index contributed by atoms with van der Waals surface area (Å²) >= 11 is 0. The van der Waals surface area contributed by atoms with Gasteiger partial charge in [-0.25, -0.2) is 9.97 Å². The summed E-state index contributed by atoms with van der Waals surface area (Å²) in [4.78, 5) is 10.6. The van der Waals surface area contributed by atoms with Crippen molar-refractivity contribution in [3.05, 3.63) is 22.8 Å². The molecule has 1 aromatic rings. The molecule has 0 fully saturated rings. The minimum Gasteiger partial charge on any atom is -0.238 e. The Kier molecular flexibility index (Phi) is 29.0. The molecule has 0 atom stereocenters. The molecule has 0 amide bonds. The fourth-order valence-corrected chi connectivity index (χ4v) is 6.61. The first kappa shape index (κ1) is 40.1. The van der Waals surface area contributed by atoms with E-state index in [1.807, 2.05) is 0 Å². The van der Waals surface area contributed by atoms with Crippen LogP contribution < -0.4 is 0 Å². The van der Waals surface area contributed by atoms with Crippen LogP contribution in [0.15, 0.2) is 0 Å². The summed E-state index contributed by atoms with van der Waals surface area (Å²) < 4.78 is 0. The molecule has 0 aliphatic carbocycles. The molecule has 43 heavy (non-hydrogen) atoms. The molecule has 0 unspecified atom stereocenters. The van der Waals surface area contributed by atoms with Crippen molar-refractivity contribution in [3.8, 4) is 0 Å². The lowest BCUT2D eigenvalue weighted by Crippen LogP contribution is -2.11. The van der Waals surface area contributed by atoms with E-state index in [9.17, 15) is 0 Å². The van der Waals surface area contributed by atoms with Gasteiger partial charge in [-0.3, -0.25) is 0 Å². The van der Waals surface area contributed by atoms with Gasteiger partial charge in [-0.05, 0) is 50.5 Å². The number of aromatic nitrogens is 2. The summed E-state index contributed by atoms with van der Waals surface area (Å²) in [7, 11) is 0. The first-order valence-corrected chi connectivity index (χ1v) is 20.1. The van der Waals surface area contributed by atoms with Gasteiger partial charge in [0.15, 0.2) is 0 Å². The van der Waals surface area contributed by atoms with Gasteiger partial charge < -0.3 is 0 Å². The Labute approximate surface area is 271 Å². The van der Waals surface area contributed by atoms with Crippen molar-refractivity contribution in [1.82, 2.24) is 9.97 Å². The van der Waals surface area contributed by atoms with E-state index >= 15 is 0 Å². The molecule has 0 aliphatic heterocycles. The molecule has 0 N–H and O–H groups in total. The summed E-state index contributed by atoms with van der Waals surface area (Å²) in [6.07, 6.45) is 44.8. The highest BCUT2D eigenvalue weighted by atomic mass is 14.9. The Hall–Kier alpha value is -0.920. The summed E-state index contributed by atoms with van der Waals surface area (Å²) in [5.74, 6) is 1.15. The topological polar surface area (TPSA) is 25.8 Å². The van der Waals surface area contributed by atoms with Gasteiger partial charge in [0.1, 0.15) is 5.82 Å². The molecule has 0 spiro atoms. The second kappa shape index (κ2) is 31.1. The minimum absolute atomic E-state index is 1.06. The van der Waals surface area contributed by atoms with Crippen LogP contribution in [0.2, 0.25) is 0 Å². The van der Waals surface area contributed by atoms with Gasteiger partial charge in [-0.15, -0.1) is 0 Å². The third-order valence-corrected chi connectivity index (χ3v) is 9.54. The average Bonchev–Trinajstić information content (AvgIpc) is 3.02. The van der Waals surface area contributed by atoms with Crippen molar-refractivity contribution in [2.75, 3.05) is 0 Å². The molecule has 0 radical (unpaired) electrons. The third kappa shape index (κ3) is 23.1. The molecule has 2 nitrogen and oxygen atoms in total. The predicted octanol–water partition coefficient (Wildman–Crippen LogP) is 14.0. The van der Waals surface area contributed by atoms with Gasteiger partial charge >= 0.3 is 0 Å². The van der Waals surface area contributed by atoms with Gasteiger partial charge in [0.2, 0.25) is 0 Å². The zero-order valence-corrected chi connectivity index (χ0v) is 30.2. The Balaban J connectivity index is 2.71. The van der Waals surface area contributed by atoms with Crippen LogP contribution in [0, 0.1) is 0 Å². The fraction of sp³-hybridized carbons (Fsp3) is 0.902.